The van der Waals surface area contributed by atoms with Gasteiger partial charge in [-0.25, -0.2) is 9.97 Å². The highest BCUT2D eigenvalue weighted by molar-refractivity contribution is 5.71. The number of ether oxygens (including phenoxy) is 1. The van der Waals surface area contributed by atoms with Gasteiger partial charge in [-0.2, -0.15) is 0 Å². The number of benzene rings is 1. The van der Waals surface area contributed by atoms with Gasteiger partial charge in [-0.1, -0.05) is 24.2 Å². The van der Waals surface area contributed by atoms with Gasteiger partial charge in [0.1, 0.15) is 24.2 Å². The van der Waals surface area contributed by atoms with E-state index in [-0.39, 0.29) is 6.61 Å². The van der Waals surface area contributed by atoms with E-state index in [2.05, 4.69) is 24.3 Å². The molecule has 7 nitrogen and oxygen atoms in total. The minimum atomic E-state index is -0.572. The summed E-state index contributed by atoms with van der Waals surface area (Å²) in [6.45, 7) is 8.98. The number of rotatable bonds is 9. The van der Waals surface area contributed by atoms with Crippen LogP contribution in [0.25, 0.3) is 22.6 Å². The lowest BCUT2D eigenvalue weighted by molar-refractivity contribution is 0.108. The predicted molar refractivity (Wildman–Crippen MR) is 128 cm³/mol. The summed E-state index contributed by atoms with van der Waals surface area (Å²) in [6.07, 6.45) is 2.88. The van der Waals surface area contributed by atoms with E-state index in [1.807, 2.05) is 38.1 Å². The van der Waals surface area contributed by atoms with Crippen molar-refractivity contribution in [2.75, 3.05) is 20.2 Å². The minimum absolute atomic E-state index is 0.217. The molecule has 0 aliphatic heterocycles. The number of likely N-dealkylation sites (N-methyl/N-ethyl adjacent to an activating group) is 1. The average molecular weight is 451 g/mol. The summed E-state index contributed by atoms with van der Waals surface area (Å²) in [5, 5.41) is 17.1. The number of aryl methyl sites for hydroxylation is 2. The fourth-order valence-electron chi connectivity index (χ4n) is 4.68. The van der Waals surface area contributed by atoms with E-state index in [9.17, 15) is 5.11 Å². The maximum atomic E-state index is 9.96. The molecule has 1 fully saturated rings. The molecule has 1 aromatic carbocycles. The number of nitrogens with zero attached hydrogens (tertiary/aromatic N) is 3. The predicted octanol–water partition coefficient (Wildman–Crippen LogP) is 4.27. The van der Waals surface area contributed by atoms with Crippen molar-refractivity contribution in [3.05, 3.63) is 47.0 Å². The Morgan fingerprint density at radius 1 is 1.21 bits per heavy atom. The normalized spacial score (nSPS) is 18.7. The Balaban J connectivity index is 1.70. The highest BCUT2D eigenvalue weighted by atomic mass is 16.5. The fraction of sp³-hybridized carbons (Fsp3) is 0.500. The molecule has 33 heavy (non-hydrogen) atoms. The minimum Gasteiger partial charge on any atom is -0.491 e. The summed E-state index contributed by atoms with van der Waals surface area (Å²) in [6, 6.07) is 7.74. The summed E-state index contributed by atoms with van der Waals surface area (Å²) in [7, 11) is 1.80. The van der Waals surface area contributed by atoms with Crippen LogP contribution in [0.4, 0.5) is 0 Å². The lowest BCUT2D eigenvalue weighted by Gasteiger charge is -2.33. The van der Waals surface area contributed by atoms with Gasteiger partial charge in [0, 0.05) is 17.8 Å². The van der Waals surface area contributed by atoms with Crippen LogP contribution >= 0.6 is 0 Å². The lowest BCUT2D eigenvalue weighted by Crippen LogP contribution is -2.29. The van der Waals surface area contributed by atoms with E-state index in [0.29, 0.717) is 24.0 Å². The molecule has 1 unspecified atom stereocenters. The zero-order chi connectivity index (χ0) is 23.5. The first-order chi connectivity index (χ1) is 15.9. The highest BCUT2D eigenvalue weighted by Gasteiger charge is 2.28. The fourth-order valence-corrected chi connectivity index (χ4v) is 4.68. The summed E-state index contributed by atoms with van der Waals surface area (Å²) in [5.74, 6) is 3.58. The van der Waals surface area contributed by atoms with Gasteiger partial charge in [0.05, 0.1) is 17.0 Å². The molecule has 0 amide bonds. The highest BCUT2D eigenvalue weighted by Crippen LogP contribution is 2.38. The Bertz CT molecular complexity index is 1090. The first kappa shape index (κ1) is 23.4. The second-order valence-electron chi connectivity index (χ2n) is 9.36. The Hall–Kier alpha value is -2.77. The Labute approximate surface area is 195 Å². The van der Waals surface area contributed by atoms with Crippen molar-refractivity contribution in [1.82, 2.24) is 20.4 Å². The molecular formula is C26H34N4O3. The van der Waals surface area contributed by atoms with Crippen molar-refractivity contribution in [2.45, 2.75) is 53.1 Å². The molecule has 2 heterocycles. The smallest absolute Gasteiger partial charge is 0.160 e. The molecule has 0 saturated heterocycles. The molecule has 2 aromatic heterocycles. The van der Waals surface area contributed by atoms with E-state index in [1.54, 1.807) is 7.05 Å². The molecule has 4 rings (SSSR count). The SMILES string of the molecule is CNCC(O)COc1cccc(-c2nc(CC3CC(C)C3)c(C)c(-c3c(C)noc3C)n2)c1. The van der Waals surface area contributed by atoms with E-state index in [1.165, 1.54) is 12.8 Å². The number of aliphatic hydroxyl groups excluding tert-OH is 1. The maximum Gasteiger partial charge on any atom is 0.160 e. The molecule has 1 aliphatic rings. The third-order valence-electron chi connectivity index (χ3n) is 6.44. The molecule has 1 saturated carbocycles. The average Bonchev–Trinajstić information content (AvgIpc) is 3.11. The van der Waals surface area contributed by atoms with Gasteiger partial charge < -0.3 is 19.7 Å². The summed E-state index contributed by atoms with van der Waals surface area (Å²) in [5.41, 5.74) is 5.72. The van der Waals surface area contributed by atoms with Crippen molar-refractivity contribution in [1.29, 1.82) is 0 Å². The molecule has 1 aliphatic carbocycles. The maximum absolute atomic E-state index is 9.96. The molecule has 7 heteroatoms. The first-order valence-corrected chi connectivity index (χ1v) is 11.7. The molecule has 0 radical (unpaired) electrons. The van der Waals surface area contributed by atoms with Crippen molar-refractivity contribution < 1.29 is 14.4 Å². The molecule has 3 aromatic rings. The second kappa shape index (κ2) is 10.0. The van der Waals surface area contributed by atoms with Gasteiger partial charge in [-0.3, -0.25) is 0 Å². The molecule has 0 spiro atoms. The van der Waals surface area contributed by atoms with Crippen molar-refractivity contribution in [3.63, 3.8) is 0 Å². The topological polar surface area (TPSA) is 93.3 Å². The van der Waals surface area contributed by atoms with E-state index in [0.717, 1.165) is 51.9 Å². The third-order valence-corrected chi connectivity index (χ3v) is 6.44. The molecule has 176 valence electrons. The van der Waals surface area contributed by atoms with Crippen LogP contribution in [-0.2, 0) is 6.42 Å². The standard InChI is InChI=1S/C26H34N4O3/c1-15-9-19(10-15)11-23-16(2)25(24-17(3)30-33-18(24)4)29-26(28-23)20-7-6-8-22(12-20)32-14-21(31)13-27-5/h6-8,12,15,19,21,27,31H,9-11,13-14H2,1-5H3. The monoisotopic (exact) mass is 450 g/mol. The van der Waals surface area contributed by atoms with Crippen LogP contribution in [0.3, 0.4) is 0 Å². The number of nitrogens with one attached hydrogen (secondary N) is 1. The lowest BCUT2D eigenvalue weighted by atomic mass is 9.73. The van der Waals surface area contributed by atoms with Crippen LogP contribution in [-0.4, -0.2) is 46.5 Å². The summed E-state index contributed by atoms with van der Waals surface area (Å²) < 4.78 is 11.3. The van der Waals surface area contributed by atoms with E-state index >= 15 is 0 Å². The van der Waals surface area contributed by atoms with Gasteiger partial charge in [0.2, 0.25) is 0 Å². The first-order valence-electron chi connectivity index (χ1n) is 11.7. The van der Waals surface area contributed by atoms with Gasteiger partial charge >= 0.3 is 0 Å². The quantitative estimate of drug-likeness (QED) is 0.503. The van der Waals surface area contributed by atoms with Crippen molar-refractivity contribution in [3.8, 4) is 28.4 Å². The van der Waals surface area contributed by atoms with Crippen molar-refractivity contribution >= 4 is 0 Å². The Kier molecular flexibility index (Phi) is 7.10. The van der Waals surface area contributed by atoms with Crippen LogP contribution in [0.5, 0.6) is 5.75 Å². The van der Waals surface area contributed by atoms with Crippen LogP contribution in [0.2, 0.25) is 0 Å². The molecule has 0 bridgehead atoms. The third kappa shape index (κ3) is 5.25. The molecule has 2 N–H and O–H groups in total. The van der Waals surface area contributed by atoms with Gasteiger partial charge in [0.15, 0.2) is 5.82 Å². The number of aliphatic hydroxyl groups is 1. The van der Waals surface area contributed by atoms with E-state index < -0.39 is 6.10 Å². The van der Waals surface area contributed by atoms with Crippen molar-refractivity contribution in [2.24, 2.45) is 11.8 Å². The van der Waals surface area contributed by atoms with Gasteiger partial charge in [0.25, 0.3) is 0 Å². The Morgan fingerprint density at radius 2 is 2.00 bits per heavy atom. The van der Waals surface area contributed by atoms with Gasteiger partial charge in [-0.15, -0.1) is 0 Å². The zero-order valence-electron chi connectivity index (χ0n) is 20.2. The van der Waals surface area contributed by atoms with Gasteiger partial charge in [-0.05, 0) is 76.6 Å². The zero-order valence-corrected chi connectivity index (χ0v) is 20.2. The largest absolute Gasteiger partial charge is 0.491 e. The number of aromatic nitrogens is 3. The number of hydrogen-bond acceptors (Lipinski definition) is 7. The summed E-state index contributed by atoms with van der Waals surface area (Å²) >= 11 is 0. The van der Waals surface area contributed by atoms with Crippen LogP contribution in [0.1, 0.15) is 42.5 Å². The molecular weight excluding hydrogens is 416 g/mol. The van der Waals surface area contributed by atoms with Crippen LogP contribution < -0.4 is 10.1 Å². The second-order valence-corrected chi connectivity index (χ2v) is 9.36. The van der Waals surface area contributed by atoms with Crippen LogP contribution in [0, 0.1) is 32.6 Å². The number of hydrogen-bond donors (Lipinski definition) is 2. The van der Waals surface area contributed by atoms with Crippen LogP contribution in [0.15, 0.2) is 28.8 Å². The Morgan fingerprint density at radius 3 is 2.67 bits per heavy atom. The van der Waals surface area contributed by atoms with E-state index in [4.69, 9.17) is 19.2 Å². The summed E-state index contributed by atoms with van der Waals surface area (Å²) in [4.78, 5) is 9.98. The molecule has 1 atom stereocenters.